The van der Waals surface area contributed by atoms with E-state index in [2.05, 4.69) is 0 Å². The summed E-state index contributed by atoms with van der Waals surface area (Å²) in [6.07, 6.45) is 0.200. The van der Waals surface area contributed by atoms with Gasteiger partial charge >= 0.3 is 18.1 Å². The van der Waals surface area contributed by atoms with Crippen LogP contribution in [0, 0.1) is 5.92 Å². The van der Waals surface area contributed by atoms with Crippen LogP contribution in [-0.4, -0.2) is 96.5 Å². The summed E-state index contributed by atoms with van der Waals surface area (Å²) in [5.41, 5.74) is -0.522. The molecule has 0 bridgehead atoms. The minimum Gasteiger partial charge on any atom is -0.467 e. The molecule has 0 aromatic rings. The molecule has 0 aromatic heterocycles. The second-order valence-corrected chi connectivity index (χ2v) is 7.33. The van der Waals surface area contributed by atoms with E-state index in [4.69, 9.17) is 9.47 Å². The Bertz CT molecular complexity index is 545. The fourth-order valence-electron chi connectivity index (χ4n) is 3.76. The minimum atomic E-state index is -0.941. The number of likely N-dealkylation sites (N-methyl/N-ethyl adjacent to an activating group) is 1. The second-order valence-electron chi connectivity index (χ2n) is 7.33. The number of methoxy groups -OCH3 is 1. The van der Waals surface area contributed by atoms with Crippen molar-refractivity contribution in [3.8, 4) is 0 Å². The summed E-state index contributed by atoms with van der Waals surface area (Å²) in [7, 11) is 2.92. The van der Waals surface area contributed by atoms with Crippen molar-refractivity contribution >= 4 is 18.1 Å². The monoisotopic (exact) mass is 371 g/mol. The molecule has 1 N–H and O–H groups in total. The van der Waals surface area contributed by atoms with Gasteiger partial charge in [0.1, 0.15) is 6.04 Å². The molecule has 0 radical (unpaired) electrons. The molecule has 0 aromatic carbocycles. The molecule has 26 heavy (non-hydrogen) atoms. The summed E-state index contributed by atoms with van der Waals surface area (Å²) in [5, 5.41) is 9.21. The lowest BCUT2D eigenvalue weighted by atomic mass is 9.89. The zero-order chi connectivity index (χ0) is 19.5. The van der Waals surface area contributed by atoms with Gasteiger partial charge in [-0.3, -0.25) is 0 Å². The predicted molar refractivity (Wildman–Crippen MR) is 92.9 cm³/mol. The van der Waals surface area contributed by atoms with E-state index in [0.717, 1.165) is 0 Å². The van der Waals surface area contributed by atoms with Crippen molar-refractivity contribution in [3.63, 3.8) is 0 Å². The van der Waals surface area contributed by atoms with E-state index in [0.29, 0.717) is 45.6 Å². The molecular formula is C17H29N3O6. The number of piperidine rings is 1. The van der Waals surface area contributed by atoms with Gasteiger partial charge in [-0.1, -0.05) is 13.8 Å². The molecule has 9 heteroatoms. The number of ether oxygens (including phenoxy) is 2. The Labute approximate surface area is 153 Å². The number of urea groups is 1. The first-order chi connectivity index (χ1) is 12.2. The normalized spacial score (nSPS) is 20.8. The number of carboxylic acid groups (broad SMARTS) is 1. The molecule has 2 saturated heterocycles. The molecule has 2 fully saturated rings. The number of esters is 1. The molecular weight excluding hydrogens is 342 g/mol. The Balaban J connectivity index is 1.99. The van der Waals surface area contributed by atoms with Gasteiger partial charge in [0.05, 0.1) is 25.9 Å². The van der Waals surface area contributed by atoms with E-state index in [-0.39, 0.29) is 11.9 Å². The zero-order valence-electron chi connectivity index (χ0n) is 15.9. The van der Waals surface area contributed by atoms with Gasteiger partial charge in [0, 0.05) is 26.7 Å². The first kappa shape index (κ1) is 20.3. The fourth-order valence-corrected chi connectivity index (χ4v) is 3.76. The van der Waals surface area contributed by atoms with Crippen LogP contribution in [0.5, 0.6) is 0 Å². The molecule has 0 saturated carbocycles. The Hall–Kier alpha value is -2.03. The van der Waals surface area contributed by atoms with Gasteiger partial charge in [0.2, 0.25) is 0 Å². The number of hydrogen-bond donors (Lipinski definition) is 1. The summed E-state index contributed by atoms with van der Waals surface area (Å²) < 4.78 is 10.7. The second kappa shape index (κ2) is 8.11. The summed E-state index contributed by atoms with van der Waals surface area (Å²) in [4.78, 5) is 40.5. The fraction of sp³-hybridized carbons (Fsp3) is 0.824. The number of amides is 3. The molecule has 2 aliphatic heterocycles. The standard InChI is InChI=1S/C17H29N3O6/c1-12(2)13(14(21)25-4)18(3)15(22)19-7-5-17(6-8-19)11-20(16(23)24)9-10-26-17/h12-13H,5-11H2,1-4H3,(H,23,24)/t13-/m0/s1. The average Bonchev–Trinajstić information content (AvgIpc) is 2.61. The van der Waals surface area contributed by atoms with Crippen molar-refractivity contribution < 1.29 is 29.0 Å². The van der Waals surface area contributed by atoms with Crippen LogP contribution in [0.2, 0.25) is 0 Å². The predicted octanol–water partition coefficient (Wildman–Crippen LogP) is 1.08. The first-order valence-electron chi connectivity index (χ1n) is 8.92. The number of carbonyl (C=O) groups is 3. The number of hydrogen-bond acceptors (Lipinski definition) is 5. The van der Waals surface area contributed by atoms with Gasteiger partial charge < -0.3 is 29.3 Å². The van der Waals surface area contributed by atoms with Crippen LogP contribution in [-0.2, 0) is 14.3 Å². The molecule has 2 rings (SSSR count). The van der Waals surface area contributed by atoms with Gasteiger partial charge in [0.25, 0.3) is 0 Å². The van der Waals surface area contributed by atoms with Gasteiger partial charge in [0.15, 0.2) is 0 Å². The highest BCUT2D eigenvalue weighted by atomic mass is 16.5. The maximum absolute atomic E-state index is 12.8. The molecule has 9 nitrogen and oxygen atoms in total. The van der Waals surface area contributed by atoms with Crippen LogP contribution in [0.4, 0.5) is 9.59 Å². The van der Waals surface area contributed by atoms with Crippen molar-refractivity contribution in [2.45, 2.75) is 38.3 Å². The van der Waals surface area contributed by atoms with Crippen LogP contribution < -0.4 is 0 Å². The number of nitrogens with zero attached hydrogens (tertiary/aromatic N) is 3. The van der Waals surface area contributed by atoms with E-state index in [1.54, 1.807) is 11.9 Å². The molecule has 2 heterocycles. The van der Waals surface area contributed by atoms with E-state index in [9.17, 15) is 19.5 Å². The van der Waals surface area contributed by atoms with Crippen LogP contribution in [0.3, 0.4) is 0 Å². The summed E-state index contributed by atoms with van der Waals surface area (Å²) in [6, 6.07) is -0.869. The quantitative estimate of drug-likeness (QED) is 0.745. The highest BCUT2D eigenvalue weighted by Crippen LogP contribution is 2.31. The smallest absolute Gasteiger partial charge is 0.407 e. The van der Waals surface area contributed by atoms with Crippen molar-refractivity contribution in [1.29, 1.82) is 0 Å². The van der Waals surface area contributed by atoms with Crippen LogP contribution in [0.15, 0.2) is 0 Å². The highest BCUT2D eigenvalue weighted by Gasteiger charge is 2.43. The van der Waals surface area contributed by atoms with E-state index < -0.39 is 23.7 Å². The largest absolute Gasteiger partial charge is 0.467 e. The Morgan fingerprint density at radius 3 is 2.27 bits per heavy atom. The van der Waals surface area contributed by atoms with E-state index in [1.165, 1.54) is 16.9 Å². The van der Waals surface area contributed by atoms with Crippen molar-refractivity contribution in [2.75, 3.05) is 46.9 Å². The van der Waals surface area contributed by atoms with Gasteiger partial charge in [-0.25, -0.2) is 14.4 Å². The SMILES string of the molecule is COC(=O)[C@H](C(C)C)N(C)C(=O)N1CCC2(CC1)CN(C(=O)O)CCO2. The van der Waals surface area contributed by atoms with E-state index >= 15 is 0 Å². The number of carbonyl (C=O) groups excluding carboxylic acids is 2. The Kier molecular flexibility index (Phi) is 6.33. The lowest BCUT2D eigenvalue weighted by Crippen LogP contribution is -2.60. The maximum Gasteiger partial charge on any atom is 0.407 e. The Morgan fingerprint density at radius 1 is 1.15 bits per heavy atom. The number of likely N-dealkylation sites (tertiary alicyclic amines) is 1. The minimum absolute atomic E-state index is 0.0710. The lowest BCUT2D eigenvalue weighted by Gasteiger charge is -2.47. The summed E-state index contributed by atoms with van der Waals surface area (Å²) in [5.74, 6) is -0.504. The van der Waals surface area contributed by atoms with Crippen LogP contribution in [0.1, 0.15) is 26.7 Å². The molecule has 2 aliphatic rings. The summed E-state index contributed by atoms with van der Waals surface area (Å²) in [6.45, 7) is 5.73. The molecule has 3 amide bonds. The highest BCUT2D eigenvalue weighted by molar-refractivity contribution is 5.83. The maximum atomic E-state index is 12.8. The van der Waals surface area contributed by atoms with Crippen molar-refractivity contribution in [1.82, 2.24) is 14.7 Å². The average molecular weight is 371 g/mol. The van der Waals surface area contributed by atoms with Gasteiger partial charge in [-0.2, -0.15) is 0 Å². The zero-order valence-corrected chi connectivity index (χ0v) is 15.9. The van der Waals surface area contributed by atoms with Gasteiger partial charge in [-0.15, -0.1) is 0 Å². The van der Waals surface area contributed by atoms with Crippen molar-refractivity contribution in [2.24, 2.45) is 5.92 Å². The van der Waals surface area contributed by atoms with Crippen LogP contribution >= 0.6 is 0 Å². The molecule has 1 atom stereocenters. The summed E-state index contributed by atoms with van der Waals surface area (Å²) >= 11 is 0. The van der Waals surface area contributed by atoms with E-state index in [1.807, 2.05) is 13.8 Å². The van der Waals surface area contributed by atoms with Crippen LogP contribution in [0.25, 0.3) is 0 Å². The number of rotatable bonds is 3. The first-order valence-corrected chi connectivity index (χ1v) is 8.92. The molecule has 148 valence electrons. The lowest BCUT2D eigenvalue weighted by molar-refractivity contribution is -0.147. The van der Waals surface area contributed by atoms with Gasteiger partial charge in [-0.05, 0) is 18.8 Å². The number of morpholine rings is 1. The third kappa shape index (κ3) is 4.20. The third-order valence-corrected chi connectivity index (χ3v) is 5.26. The molecule has 0 aliphatic carbocycles. The Morgan fingerprint density at radius 2 is 1.77 bits per heavy atom. The molecule has 1 spiro atoms. The topological polar surface area (TPSA) is 99.6 Å². The van der Waals surface area contributed by atoms with Crippen molar-refractivity contribution in [3.05, 3.63) is 0 Å². The third-order valence-electron chi connectivity index (χ3n) is 5.26. The molecule has 0 unspecified atom stereocenters.